The van der Waals surface area contributed by atoms with E-state index >= 15 is 0 Å². The largest absolute Gasteiger partial charge is 0.465 e. The molecule has 4 heteroatoms. The Bertz CT molecular complexity index is 422. The van der Waals surface area contributed by atoms with Gasteiger partial charge in [0.05, 0.1) is 6.04 Å². The van der Waals surface area contributed by atoms with Crippen molar-refractivity contribution in [3.8, 4) is 0 Å². The van der Waals surface area contributed by atoms with Crippen LogP contribution in [0.2, 0.25) is 0 Å². The van der Waals surface area contributed by atoms with Gasteiger partial charge in [-0.1, -0.05) is 24.3 Å². The average molecular weight is 237 g/mol. The molecule has 2 atom stereocenters. The van der Waals surface area contributed by atoms with E-state index in [2.05, 4.69) is 0 Å². The summed E-state index contributed by atoms with van der Waals surface area (Å²) in [5, 5.41) is 9.15. The lowest BCUT2D eigenvalue weighted by Crippen LogP contribution is -2.41. The van der Waals surface area contributed by atoms with Crippen molar-refractivity contribution in [1.82, 2.24) is 4.90 Å². The fraction of sp³-hybridized carbons (Fsp3) is 0.462. The molecule has 1 heterocycles. The van der Waals surface area contributed by atoms with Crippen LogP contribution in [-0.2, 0) is 0 Å². The normalized spacial score (nSPS) is 24.7. The molecule has 1 aromatic rings. The monoisotopic (exact) mass is 237 g/mol. The summed E-state index contributed by atoms with van der Waals surface area (Å²) in [6.07, 6.45) is -1.31. The highest BCUT2D eigenvalue weighted by Crippen LogP contribution is 2.33. The maximum absolute atomic E-state index is 13.5. The molecule has 0 aliphatic carbocycles. The summed E-state index contributed by atoms with van der Waals surface area (Å²) in [4.78, 5) is 12.5. The summed E-state index contributed by atoms with van der Waals surface area (Å²) in [7, 11) is 0. The minimum Gasteiger partial charge on any atom is -0.465 e. The number of rotatable bonds is 1. The molecule has 2 rings (SSSR count). The molecule has 0 spiro atoms. The minimum absolute atomic E-state index is 0.261. The molecule has 1 aliphatic heterocycles. The lowest BCUT2D eigenvalue weighted by Gasteiger charge is -2.36. The van der Waals surface area contributed by atoms with Crippen LogP contribution in [0.15, 0.2) is 24.3 Å². The molecule has 0 saturated carbocycles. The zero-order chi connectivity index (χ0) is 12.4. The van der Waals surface area contributed by atoms with Gasteiger partial charge in [0, 0.05) is 13.0 Å². The third-order valence-corrected chi connectivity index (χ3v) is 3.33. The van der Waals surface area contributed by atoms with Crippen molar-refractivity contribution in [2.45, 2.75) is 32.0 Å². The number of alkyl halides is 1. The molecule has 1 aromatic carbocycles. The molecule has 17 heavy (non-hydrogen) atoms. The van der Waals surface area contributed by atoms with Crippen molar-refractivity contribution < 1.29 is 14.3 Å². The number of carbonyl (C=O) groups is 1. The van der Waals surface area contributed by atoms with Gasteiger partial charge >= 0.3 is 6.09 Å². The smallest absolute Gasteiger partial charge is 0.407 e. The molecular weight excluding hydrogens is 221 g/mol. The molecule has 1 aliphatic rings. The van der Waals surface area contributed by atoms with E-state index in [1.54, 1.807) is 0 Å². The standard InChI is InChI=1S/C13H16FNO2/c1-9-4-2-3-5-11(9)12-8-10(14)6-7-15(12)13(16)17/h2-5,10,12H,6-8H2,1H3,(H,16,17). The Hall–Kier alpha value is -1.58. The summed E-state index contributed by atoms with van der Waals surface area (Å²) in [6, 6.07) is 7.23. The van der Waals surface area contributed by atoms with E-state index in [9.17, 15) is 9.18 Å². The number of amides is 1. The van der Waals surface area contributed by atoms with E-state index in [4.69, 9.17) is 5.11 Å². The fourth-order valence-corrected chi connectivity index (χ4v) is 2.41. The Morgan fingerprint density at radius 2 is 2.18 bits per heavy atom. The number of nitrogens with zero attached hydrogens (tertiary/aromatic N) is 1. The first-order chi connectivity index (χ1) is 8.09. The number of likely N-dealkylation sites (tertiary alicyclic amines) is 1. The van der Waals surface area contributed by atoms with Crippen molar-refractivity contribution in [1.29, 1.82) is 0 Å². The summed E-state index contributed by atoms with van der Waals surface area (Å²) >= 11 is 0. The number of hydrogen-bond donors (Lipinski definition) is 1. The first-order valence-corrected chi connectivity index (χ1v) is 5.78. The van der Waals surface area contributed by atoms with Crippen molar-refractivity contribution in [3.63, 3.8) is 0 Å². The van der Waals surface area contributed by atoms with E-state index in [1.807, 2.05) is 31.2 Å². The zero-order valence-electron chi connectivity index (χ0n) is 9.77. The van der Waals surface area contributed by atoms with Crippen molar-refractivity contribution in [2.24, 2.45) is 0 Å². The van der Waals surface area contributed by atoms with Gasteiger partial charge in [-0.3, -0.25) is 0 Å². The highest BCUT2D eigenvalue weighted by Gasteiger charge is 2.33. The molecule has 92 valence electrons. The Morgan fingerprint density at radius 1 is 1.47 bits per heavy atom. The van der Waals surface area contributed by atoms with Crippen LogP contribution in [0.3, 0.4) is 0 Å². The van der Waals surface area contributed by atoms with Crippen LogP contribution >= 0.6 is 0 Å². The lowest BCUT2D eigenvalue weighted by atomic mass is 9.92. The van der Waals surface area contributed by atoms with Gasteiger partial charge in [0.1, 0.15) is 6.17 Å². The first-order valence-electron chi connectivity index (χ1n) is 5.78. The Morgan fingerprint density at radius 3 is 2.82 bits per heavy atom. The number of piperidine rings is 1. The number of benzene rings is 1. The number of carboxylic acid groups (broad SMARTS) is 1. The molecule has 0 bridgehead atoms. The Balaban J connectivity index is 2.32. The van der Waals surface area contributed by atoms with E-state index in [0.29, 0.717) is 6.42 Å². The first kappa shape index (κ1) is 11.9. The Labute approximate surface area is 99.9 Å². The van der Waals surface area contributed by atoms with Crippen LogP contribution < -0.4 is 0 Å². The number of aryl methyl sites for hydroxylation is 1. The molecule has 3 nitrogen and oxygen atoms in total. The van der Waals surface area contributed by atoms with E-state index in [1.165, 1.54) is 4.90 Å². The van der Waals surface area contributed by atoms with Crippen molar-refractivity contribution in [2.75, 3.05) is 6.54 Å². The minimum atomic E-state index is -0.967. The molecule has 1 amide bonds. The number of halogens is 1. The van der Waals surface area contributed by atoms with Crippen LogP contribution in [0, 0.1) is 6.92 Å². The van der Waals surface area contributed by atoms with Crippen molar-refractivity contribution in [3.05, 3.63) is 35.4 Å². The zero-order valence-corrected chi connectivity index (χ0v) is 9.77. The third kappa shape index (κ3) is 2.40. The van der Waals surface area contributed by atoms with Crippen LogP contribution in [0.25, 0.3) is 0 Å². The quantitative estimate of drug-likeness (QED) is 0.815. The van der Waals surface area contributed by atoms with Crippen LogP contribution in [-0.4, -0.2) is 28.8 Å². The molecule has 0 radical (unpaired) electrons. The summed E-state index contributed by atoms with van der Waals surface area (Å²) in [5.74, 6) is 0. The van der Waals surface area contributed by atoms with Crippen LogP contribution in [0.4, 0.5) is 9.18 Å². The third-order valence-electron chi connectivity index (χ3n) is 3.33. The van der Waals surface area contributed by atoms with Crippen LogP contribution in [0.5, 0.6) is 0 Å². The summed E-state index contributed by atoms with van der Waals surface area (Å²) < 4.78 is 13.5. The topological polar surface area (TPSA) is 40.5 Å². The lowest BCUT2D eigenvalue weighted by molar-refractivity contribution is 0.0778. The SMILES string of the molecule is Cc1ccccc1C1CC(F)CCN1C(=O)O. The molecule has 0 aromatic heterocycles. The fourth-order valence-electron chi connectivity index (χ4n) is 2.41. The van der Waals surface area contributed by atoms with Gasteiger partial charge in [-0.05, 0) is 24.5 Å². The maximum atomic E-state index is 13.5. The highest BCUT2D eigenvalue weighted by atomic mass is 19.1. The van der Waals surface area contributed by atoms with Gasteiger partial charge < -0.3 is 10.0 Å². The molecule has 2 unspecified atom stereocenters. The Kier molecular flexibility index (Phi) is 3.31. The van der Waals surface area contributed by atoms with Gasteiger partial charge in [0.2, 0.25) is 0 Å². The molecular formula is C13H16FNO2. The summed E-state index contributed by atoms with van der Waals surface area (Å²) in [5.41, 5.74) is 1.93. The summed E-state index contributed by atoms with van der Waals surface area (Å²) in [6.45, 7) is 2.20. The van der Waals surface area contributed by atoms with Gasteiger partial charge in [-0.25, -0.2) is 9.18 Å². The van der Waals surface area contributed by atoms with Crippen molar-refractivity contribution >= 4 is 6.09 Å². The second kappa shape index (κ2) is 4.73. The highest BCUT2D eigenvalue weighted by molar-refractivity contribution is 5.66. The van der Waals surface area contributed by atoms with E-state index < -0.39 is 12.3 Å². The molecule has 1 fully saturated rings. The maximum Gasteiger partial charge on any atom is 0.407 e. The predicted molar refractivity (Wildman–Crippen MR) is 62.8 cm³/mol. The van der Waals surface area contributed by atoms with Gasteiger partial charge in [-0.15, -0.1) is 0 Å². The molecule has 1 N–H and O–H groups in total. The average Bonchev–Trinajstić information content (AvgIpc) is 2.29. The second-order valence-corrected chi connectivity index (χ2v) is 4.47. The molecule has 1 saturated heterocycles. The van der Waals surface area contributed by atoms with Gasteiger partial charge in [-0.2, -0.15) is 0 Å². The van der Waals surface area contributed by atoms with E-state index in [0.717, 1.165) is 11.1 Å². The van der Waals surface area contributed by atoms with Crippen LogP contribution in [0.1, 0.15) is 30.0 Å². The van der Waals surface area contributed by atoms with E-state index in [-0.39, 0.29) is 19.0 Å². The second-order valence-electron chi connectivity index (χ2n) is 4.47. The van der Waals surface area contributed by atoms with Gasteiger partial charge in [0.15, 0.2) is 0 Å². The predicted octanol–water partition coefficient (Wildman–Crippen LogP) is 3.15. The number of hydrogen-bond acceptors (Lipinski definition) is 1. The van der Waals surface area contributed by atoms with Gasteiger partial charge in [0.25, 0.3) is 0 Å².